The number of aromatic nitrogens is 3. The number of rotatable bonds is 4. The van der Waals surface area contributed by atoms with Crippen molar-refractivity contribution in [3.05, 3.63) is 77.6 Å². The number of benzene rings is 1. The smallest absolute Gasteiger partial charge is 0.271 e. The summed E-state index contributed by atoms with van der Waals surface area (Å²) in [5.41, 5.74) is 2.74. The topological polar surface area (TPSA) is 64.8 Å². The molecule has 126 valence electrons. The molecule has 0 atom stereocenters. The van der Waals surface area contributed by atoms with E-state index < -0.39 is 0 Å². The summed E-state index contributed by atoms with van der Waals surface area (Å²) in [6.07, 6.45) is 6.45. The first kappa shape index (κ1) is 14.5. The highest BCUT2D eigenvalue weighted by molar-refractivity contribution is 5.93. The zero-order chi connectivity index (χ0) is 16.9. The molecule has 4 heterocycles. The van der Waals surface area contributed by atoms with Gasteiger partial charge in [0.1, 0.15) is 17.1 Å². The minimum absolute atomic E-state index is 0.0794. The molecule has 1 aromatic carbocycles. The van der Waals surface area contributed by atoms with E-state index in [4.69, 9.17) is 0 Å². The SMILES string of the molecule is O=C(c1ccc(Cc2ccccc2)[nH]1)N1CC2CC1(c1ncc[nH]1)C2. The third-order valence-corrected chi connectivity index (χ3v) is 5.61. The lowest BCUT2D eigenvalue weighted by atomic mass is 9.72. The summed E-state index contributed by atoms with van der Waals surface area (Å²) >= 11 is 0. The maximum atomic E-state index is 13.1. The summed E-state index contributed by atoms with van der Waals surface area (Å²) in [5.74, 6) is 1.61. The Kier molecular flexibility index (Phi) is 3.10. The molecule has 3 fully saturated rings. The summed E-state index contributed by atoms with van der Waals surface area (Å²) in [5, 5.41) is 0. The molecule has 2 N–H and O–H groups in total. The van der Waals surface area contributed by atoms with Gasteiger partial charge in [0.25, 0.3) is 5.91 Å². The van der Waals surface area contributed by atoms with Crippen molar-refractivity contribution in [1.29, 1.82) is 0 Å². The van der Waals surface area contributed by atoms with E-state index in [1.807, 2.05) is 41.4 Å². The number of hydrogen-bond donors (Lipinski definition) is 2. The van der Waals surface area contributed by atoms with Crippen molar-refractivity contribution >= 4 is 5.91 Å². The second-order valence-electron chi connectivity index (χ2n) is 7.22. The average molecular weight is 332 g/mol. The van der Waals surface area contributed by atoms with Crippen LogP contribution in [0, 0.1) is 5.92 Å². The second kappa shape index (κ2) is 5.34. The van der Waals surface area contributed by atoms with Crippen LogP contribution in [0.2, 0.25) is 0 Å². The summed E-state index contributed by atoms with van der Waals surface area (Å²) < 4.78 is 0. The summed E-state index contributed by atoms with van der Waals surface area (Å²) in [6.45, 7) is 0.826. The van der Waals surface area contributed by atoms with Crippen LogP contribution in [0.4, 0.5) is 0 Å². The van der Waals surface area contributed by atoms with Crippen LogP contribution in [-0.4, -0.2) is 32.3 Å². The van der Waals surface area contributed by atoms with Gasteiger partial charge < -0.3 is 14.9 Å². The lowest BCUT2D eigenvalue weighted by Gasteiger charge is -2.40. The monoisotopic (exact) mass is 332 g/mol. The van der Waals surface area contributed by atoms with E-state index in [1.165, 1.54) is 5.56 Å². The van der Waals surface area contributed by atoms with Gasteiger partial charge in [-0.1, -0.05) is 30.3 Å². The predicted molar refractivity (Wildman–Crippen MR) is 94.1 cm³/mol. The van der Waals surface area contributed by atoms with Crippen LogP contribution in [-0.2, 0) is 12.0 Å². The minimum atomic E-state index is -0.226. The molecule has 1 aliphatic carbocycles. The number of nitrogens with one attached hydrogen (secondary N) is 2. The number of aromatic amines is 2. The van der Waals surface area contributed by atoms with Crippen LogP contribution >= 0.6 is 0 Å². The van der Waals surface area contributed by atoms with Crippen molar-refractivity contribution in [3.8, 4) is 0 Å². The molecule has 2 saturated heterocycles. The minimum Gasteiger partial charge on any atom is -0.354 e. The first-order chi connectivity index (χ1) is 12.2. The van der Waals surface area contributed by atoms with E-state index in [0.29, 0.717) is 11.6 Å². The Morgan fingerprint density at radius 1 is 1.20 bits per heavy atom. The molecule has 2 aliphatic heterocycles. The normalized spacial score (nSPS) is 24.3. The third kappa shape index (κ3) is 2.22. The fourth-order valence-electron chi connectivity index (χ4n) is 4.43. The lowest BCUT2D eigenvalue weighted by molar-refractivity contribution is 0.0523. The van der Waals surface area contributed by atoms with Crippen molar-refractivity contribution in [2.24, 2.45) is 5.92 Å². The molecule has 6 rings (SSSR count). The number of hydrogen-bond acceptors (Lipinski definition) is 2. The highest BCUT2D eigenvalue weighted by atomic mass is 16.2. The highest BCUT2D eigenvalue weighted by Crippen LogP contribution is 2.56. The Morgan fingerprint density at radius 3 is 2.80 bits per heavy atom. The van der Waals surface area contributed by atoms with Gasteiger partial charge in [0.15, 0.2) is 0 Å². The second-order valence-corrected chi connectivity index (χ2v) is 7.22. The maximum absolute atomic E-state index is 13.1. The van der Waals surface area contributed by atoms with Gasteiger partial charge in [-0.05, 0) is 36.5 Å². The number of carbonyl (C=O) groups excluding carboxylic acids is 1. The van der Waals surface area contributed by atoms with Gasteiger partial charge in [-0.2, -0.15) is 0 Å². The zero-order valence-corrected chi connectivity index (χ0v) is 13.9. The lowest BCUT2D eigenvalue weighted by Crippen LogP contribution is -2.46. The van der Waals surface area contributed by atoms with Gasteiger partial charge in [0.2, 0.25) is 0 Å². The van der Waals surface area contributed by atoms with E-state index in [9.17, 15) is 4.79 Å². The molecule has 0 radical (unpaired) electrons. The Balaban J connectivity index is 1.38. The zero-order valence-electron chi connectivity index (χ0n) is 13.9. The molecular weight excluding hydrogens is 312 g/mol. The number of carbonyl (C=O) groups is 1. The molecule has 25 heavy (non-hydrogen) atoms. The van der Waals surface area contributed by atoms with Crippen molar-refractivity contribution in [2.75, 3.05) is 6.54 Å². The molecular formula is C20H20N4O. The van der Waals surface area contributed by atoms with Gasteiger partial charge in [-0.3, -0.25) is 4.79 Å². The molecule has 5 heteroatoms. The summed E-state index contributed by atoms with van der Waals surface area (Å²) in [7, 11) is 0. The van der Waals surface area contributed by atoms with Gasteiger partial charge in [-0.25, -0.2) is 4.98 Å². The van der Waals surface area contributed by atoms with Crippen molar-refractivity contribution in [2.45, 2.75) is 24.8 Å². The maximum Gasteiger partial charge on any atom is 0.271 e. The number of nitrogens with zero attached hydrogens (tertiary/aromatic N) is 2. The van der Waals surface area contributed by atoms with E-state index in [0.717, 1.165) is 37.3 Å². The first-order valence-corrected chi connectivity index (χ1v) is 8.78. The Labute approximate surface area is 146 Å². The molecule has 1 amide bonds. The molecule has 2 bridgehead atoms. The predicted octanol–water partition coefficient (Wildman–Crippen LogP) is 3.09. The Bertz CT molecular complexity index is 891. The van der Waals surface area contributed by atoms with Gasteiger partial charge >= 0.3 is 0 Å². The number of amides is 1. The summed E-state index contributed by atoms with van der Waals surface area (Å²) in [4.78, 5) is 26.1. The van der Waals surface area contributed by atoms with Crippen LogP contribution in [0.1, 0.15) is 40.4 Å². The van der Waals surface area contributed by atoms with Crippen molar-refractivity contribution in [1.82, 2.24) is 19.9 Å². The molecule has 1 saturated carbocycles. The fourth-order valence-corrected chi connectivity index (χ4v) is 4.43. The van der Waals surface area contributed by atoms with Gasteiger partial charge in [0, 0.05) is 31.1 Å². The van der Waals surface area contributed by atoms with Gasteiger partial charge in [-0.15, -0.1) is 0 Å². The summed E-state index contributed by atoms with van der Waals surface area (Å²) in [6, 6.07) is 14.2. The Morgan fingerprint density at radius 2 is 2.04 bits per heavy atom. The van der Waals surface area contributed by atoms with Crippen LogP contribution < -0.4 is 0 Å². The molecule has 3 aliphatic rings. The quantitative estimate of drug-likeness (QED) is 0.771. The van der Waals surface area contributed by atoms with Gasteiger partial charge in [0.05, 0.1) is 0 Å². The number of H-pyrrole nitrogens is 2. The van der Waals surface area contributed by atoms with Crippen LogP contribution in [0.5, 0.6) is 0 Å². The van der Waals surface area contributed by atoms with E-state index in [-0.39, 0.29) is 11.4 Å². The Hall–Kier alpha value is -2.82. The van der Waals surface area contributed by atoms with Crippen molar-refractivity contribution in [3.63, 3.8) is 0 Å². The van der Waals surface area contributed by atoms with E-state index in [2.05, 4.69) is 27.1 Å². The van der Waals surface area contributed by atoms with Crippen LogP contribution in [0.15, 0.2) is 54.9 Å². The highest BCUT2D eigenvalue weighted by Gasteiger charge is 2.60. The third-order valence-electron chi connectivity index (χ3n) is 5.61. The molecule has 0 spiro atoms. The fraction of sp³-hybridized carbons (Fsp3) is 0.300. The van der Waals surface area contributed by atoms with E-state index in [1.54, 1.807) is 6.20 Å². The van der Waals surface area contributed by atoms with Crippen LogP contribution in [0.3, 0.4) is 0 Å². The van der Waals surface area contributed by atoms with Crippen LogP contribution in [0.25, 0.3) is 0 Å². The first-order valence-electron chi connectivity index (χ1n) is 8.78. The molecule has 2 aromatic heterocycles. The number of fused-ring (bicyclic) bond motifs is 1. The molecule has 5 nitrogen and oxygen atoms in total. The number of imidazole rings is 1. The largest absolute Gasteiger partial charge is 0.354 e. The molecule has 3 aromatic rings. The standard InChI is InChI=1S/C20H20N4O/c25-18(17-7-6-16(23-17)10-14-4-2-1-3-5-14)24-13-15-11-20(24,12-15)19-21-8-9-22-19/h1-9,15,23H,10-13H2,(H,21,22). The van der Waals surface area contributed by atoms with Crippen molar-refractivity contribution < 1.29 is 4.79 Å². The molecule has 0 unspecified atom stereocenters. The average Bonchev–Trinajstić information content (AvgIpc) is 3.36. The van der Waals surface area contributed by atoms with E-state index >= 15 is 0 Å².